The van der Waals surface area contributed by atoms with Gasteiger partial charge in [-0.25, -0.2) is 14.8 Å². The molecule has 0 spiro atoms. The molecule has 6 N–H and O–H groups in total. The number of fused-ring (bicyclic) bond motifs is 1. The van der Waals surface area contributed by atoms with Gasteiger partial charge < -0.3 is 58.9 Å². The van der Waals surface area contributed by atoms with Crippen molar-refractivity contribution in [2.24, 2.45) is 0 Å². The first-order chi connectivity index (χ1) is 24.8. The van der Waals surface area contributed by atoms with Crippen molar-refractivity contribution in [3.63, 3.8) is 0 Å². The van der Waals surface area contributed by atoms with Crippen molar-refractivity contribution in [2.45, 2.75) is 56.7 Å². The van der Waals surface area contributed by atoms with Crippen molar-refractivity contribution in [3.05, 3.63) is 85.0 Å². The highest BCUT2D eigenvalue weighted by atomic mass is 17.1. The van der Waals surface area contributed by atoms with Crippen molar-refractivity contribution < 1.29 is 78.5 Å². The van der Waals surface area contributed by atoms with Crippen LogP contribution in [0.1, 0.15) is 41.6 Å². The van der Waals surface area contributed by atoms with Gasteiger partial charge in [-0.3, -0.25) is 4.79 Å². The van der Waals surface area contributed by atoms with E-state index in [2.05, 4.69) is 22.8 Å². The number of allylic oxidation sites excluding steroid dienone is 1. The first-order valence-corrected chi connectivity index (χ1v) is 15.9. The van der Waals surface area contributed by atoms with Crippen LogP contribution in [0.2, 0.25) is 0 Å². The maximum Gasteiger partial charge on any atom is 0.338 e. The quantitative estimate of drug-likeness (QED) is 0.0481. The van der Waals surface area contributed by atoms with E-state index in [4.69, 9.17) is 53.9 Å². The maximum absolute atomic E-state index is 12.4. The summed E-state index contributed by atoms with van der Waals surface area (Å²) in [6, 6.07) is 13.6. The number of hydrogen-bond donors (Lipinski definition) is 4. The predicted molar refractivity (Wildman–Crippen MR) is 188 cm³/mol. The molecule has 52 heavy (non-hydrogen) atoms. The average Bonchev–Trinajstić information content (AvgIpc) is 3.79. The normalized spacial score (nSPS) is 17.4. The zero-order valence-electron chi connectivity index (χ0n) is 29.3. The van der Waals surface area contributed by atoms with Crippen molar-refractivity contribution in [3.8, 4) is 11.5 Å². The molecule has 2 fully saturated rings. The molecule has 0 amide bonds. The Balaban J connectivity index is 0. The second kappa shape index (κ2) is 32.4. The van der Waals surface area contributed by atoms with Crippen molar-refractivity contribution >= 4 is 25.0 Å². The molecule has 2 saturated heterocycles. The van der Waals surface area contributed by atoms with E-state index >= 15 is 0 Å². The van der Waals surface area contributed by atoms with Crippen LogP contribution in [0.3, 0.4) is 0 Å². The minimum Gasteiger partial charge on any atom is -0.497 e. The second-order valence-electron chi connectivity index (χ2n) is 10.2. The number of methoxy groups -OCH3 is 1. The number of ether oxygens (including phenoxy) is 6. The van der Waals surface area contributed by atoms with Crippen molar-refractivity contribution in [1.82, 2.24) is 0 Å². The number of carbonyl (C=O) groups is 4. The fraction of sp³-hybridized carbons (Fsp3) is 0.444. The van der Waals surface area contributed by atoms with Gasteiger partial charge in [-0.05, 0) is 73.7 Å². The summed E-state index contributed by atoms with van der Waals surface area (Å²) in [5.41, 5.74) is 1.37. The maximum atomic E-state index is 12.4. The van der Waals surface area contributed by atoms with Gasteiger partial charge in [0.1, 0.15) is 37.1 Å². The van der Waals surface area contributed by atoms with Gasteiger partial charge in [0.15, 0.2) is 11.9 Å². The monoisotopic (exact) mass is 740 g/mol. The molecule has 0 aliphatic carbocycles. The minimum atomic E-state index is -0.504. The molecular formula is C36H52O16. The van der Waals surface area contributed by atoms with E-state index in [0.29, 0.717) is 44.5 Å². The van der Waals surface area contributed by atoms with Crippen LogP contribution < -0.4 is 9.62 Å². The van der Waals surface area contributed by atoms with Crippen LogP contribution in [0.15, 0.2) is 73.8 Å². The number of hydrogen-bond acceptors (Lipinski definition) is 15. The van der Waals surface area contributed by atoms with Gasteiger partial charge in [-0.15, -0.1) is 0 Å². The third-order valence-corrected chi connectivity index (χ3v) is 6.67. The standard InChI is InChI=1S/C21H22O8.C7H12O3.C4H10O2.C3H4O.CH2O.H2O/c1-24-15-6-2-13(3-7-15)10-25-17-11-26-20-18(12-27-19(17)20)28-21(22)14-4-8-16(29-23)9-5-14;1-2-7(9)10-6-4-3-5-8;5-3-1-2-4-6;1-2-3-4;1-2;/h2-9,17-20,23H,10-12H2,1H3;2,8H,1,3-6H2;5-6H,1-4H2;2-3H,1H2;1H2;1H2/t17?,18-,19?,20?;;;;;/m1...../s1. The van der Waals surface area contributed by atoms with Gasteiger partial charge in [-0.1, -0.05) is 25.3 Å². The SMILES string of the molecule is C=CC(=O)OCCCCO.C=CC=O.C=O.COc1ccc(COC2COC3C2OC[C@H]3OC(=O)c2ccc(OO)cc2)cc1.O.OCCCCO. The van der Waals surface area contributed by atoms with Crippen LogP contribution >= 0.6 is 0 Å². The van der Waals surface area contributed by atoms with Crippen molar-refractivity contribution in [2.75, 3.05) is 46.8 Å². The molecule has 0 aromatic heterocycles. The highest BCUT2D eigenvalue weighted by molar-refractivity contribution is 5.89. The number of aliphatic hydroxyl groups excluding tert-OH is 3. The largest absolute Gasteiger partial charge is 0.497 e. The Morgan fingerprint density at radius 1 is 0.827 bits per heavy atom. The predicted octanol–water partition coefficient (Wildman–Crippen LogP) is 2.06. The van der Waals surface area contributed by atoms with E-state index in [1.54, 1.807) is 7.11 Å². The van der Waals surface area contributed by atoms with Gasteiger partial charge in [0, 0.05) is 25.9 Å². The van der Waals surface area contributed by atoms with Crippen LogP contribution in [0.4, 0.5) is 0 Å². The second-order valence-corrected chi connectivity index (χ2v) is 10.2. The van der Waals surface area contributed by atoms with Gasteiger partial charge in [0.25, 0.3) is 0 Å². The van der Waals surface area contributed by atoms with E-state index in [9.17, 15) is 9.59 Å². The summed E-state index contributed by atoms with van der Waals surface area (Å²) in [6.07, 6.45) is 4.39. The van der Waals surface area contributed by atoms with Gasteiger partial charge in [-0.2, -0.15) is 0 Å². The fourth-order valence-corrected chi connectivity index (χ4v) is 4.12. The Labute approximate surface area is 303 Å². The molecule has 292 valence electrons. The third kappa shape index (κ3) is 20.4. The van der Waals surface area contributed by atoms with Crippen LogP contribution in [-0.4, -0.2) is 122 Å². The smallest absolute Gasteiger partial charge is 0.338 e. The lowest BCUT2D eigenvalue weighted by molar-refractivity contribution is -0.138. The van der Waals surface area contributed by atoms with E-state index in [0.717, 1.165) is 30.2 Å². The fourth-order valence-electron chi connectivity index (χ4n) is 4.12. The van der Waals surface area contributed by atoms with E-state index in [-0.39, 0.29) is 56.0 Å². The molecule has 16 heteroatoms. The van der Waals surface area contributed by atoms with Gasteiger partial charge in [0.05, 0.1) is 39.1 Å². The van der Waals surface area contributed by atoms with Gasteiger partial charge in [0.2, 0.25) is 0 Å². The summed E-state index contributed by atoms with van der Waals surface area (Å²) in [6.45, 7) is 10.3. The number of unbranched alkanes of at least 4 members (excludes halogenated alkanes) is 2. The lowest BCUT2D eigenvalue weighted by Crippen LogP contribution is -2.35. The Morgan fingerprint density at radius 2 is 1.33 bits per heavy atom. The Bertz CT molecular complexity index is 1210. The molecule has 3 unspecified atom stereocenters. The number of rotatable bonds is 16. The highest BCUT2D eigenvalue weighted by Gasteiger charge is 2.50. The summed E-state index contributed by atoms with van der Waals surface area (Å²) in [4.78, 5) is 43.9. The molecular weight excluding hydrogens is 688 g/mol. The summed E-state index contributed by atoms with van der Waals surface area (Å²) in [5, 5.41) is 33.1. The van der Waals surface area contributed by atoms with E-state index < -0.39 is 18.0 Å². The summed E-state index contributed by atoms with van der Waals surface area (Å²) in [5.74, 6) is 0.134. The first-order valence-electron chi connectivity index (χ1n) is 15.9. The number of carbonyl (C=O) groups excluding carboxylic acids is 4. The van der Waals surface area contributed by atoms with E-state index in [1.807, 2.05) is 31.1 Å². The number of aliphatic hydroxyl groups is 3. The summed E-state index contributed by atoms with van der Waals surface area (Å²) < 4.78 is 32.9. The van der Waals surface area contributed by atoms with Crippen LogP contribution in [0, 0.1) is 0 Å². The zero-order chi connectivity index (χ0) is 38.3. The van der Waals surface area contributed by atoms with Crippen LogP contribution in [0.25, 0.3) is 0 Å². The number of benzene rings is 2. The lowest BCUT2D eigenvalue weighted by atomic mass is 10.1. The summed E-state index contributed by atoms with van der Waals surface area (Å²) in [7, 11) is 1.63. The molecule has 2 aliphatic heterocycles. The molecule has 2 heterocycles. The molecule has 16 nitrogen and oxygen atoms in total. The molecule has 2 aliphatic rings. The Hall–Kier alpha value is -4.52. The molecule has 2 aromatic carbocycles. The van der Waals surface area contributed by atoms with Gasteiger partial charge >= 0.3 is 11.9 Å². The number of esters is 2. The van der Waals surface area contributed by atoms with Crippen LogP contribution in [-0.2, 0) is 44.7 Å². The third-order valence-electron chi connectivity index (χ3n) is 6.67. The molecule has 0 radical (unpaired) electrons. The Kier molecular flexibility index (Phi) is 30.9. The van der Waals surface area contributed by atoms with Crippen molar-refractivity contribution in [1.29, 1.82) is 0 Å². The average molecular weight is 741 g/mol. The molecule has 4 atom stereocenters. The topological polar surface area (TPSA) is 245 Å². The molecule has 4 rings (SSSR count). The lowest BCUT2D eigenvalue weighted by Gasteiger charge is -2.17. The highest BCUT2D eigenvalue weighted by Crippen LogP contribution is 2.31. The Morgan fingerprint density at radius 3 is 1.81 bits per heavy atom. The van der Waals surface area contributed by atoms with E-state index in [1.165, 1.54) is 30.3 Å². The minimum absolute atomic E-state index is 0. The van der Waals surface area contributed by atoms with Crippen LogP contribution in [0.5, 0.6) is 11.5 Å². The molecule has 2 aromatic rings. The number of aldehydes is 1. The first kappa shape index (κ1) is 49.6. The zero-order valence-corrected chi connectivity index (χ0v) is 29.3. The molecule has 0 bridgehead atoms. The summed E-state index contributed by atoms with van der Waals surface area (Å²) >= 11 is 0. The molecule has 0 saturated carbocycles.